The molecule has 27 heavy (non-hydrogen) atoms. The fourth-order valence-electron chi connectivity index (χ4n) is 2.82. The summed E-state index contributed by atoms with van der Waals surface area (Å²) in [5, 5.41) is 0.126. The van der Waals surface area contributed by atoms with Crippen molar-refractivity contribution in [3.05, 3.63) is 0 Å². The second-order valence-electron chi connectivity index (χ2n) is 7.85. The largest absolute Gasteiger partial charge is 0.354 e. The maximum Gasteiger partial charge on any atom is 0.193 e. The predicted octanol–water partition coefficient (Wildman–Crippen LogP) is 4.30. The molecule has 0 heterocycles. The van der Waals surface area contributed by atoms with Crippen LogP contribution in [0.3, 0.4) is 0 Å². The summed E-state index contributed by atoms with van der Waals surface area (Å²) in [6.07, 6.45) is 0. The lowest BCUT2D eigenvalue weighted by atomic mass is 10.2. The van der Waals surface area contributed by atoms with Crippen LogP contribution in [0.4, 0.5) is 0 Å². The molecule has 2 N–H and O–H groups in total. The molecule has 0 aromatic heterocycles. The standard InChI is InChI=1S/C19H42N3O3PS/c1-14(2)21(15(3)4)26(22(16(5)6)17(7)8)25-13-24-10-11-27-19(23)18(9)12-20/h14-18H,10-13,20H2,1-9H3. The van der Waals surface area contributed by atoms with Crippen LogP contribution in [0.2, 0.25) is 0 Å². The quantitative estimate of drug-likeness (QED) is 0.254. The second-order valence-corrected chi connectivity index (χ2v) is 10.6. The molecule has 0 aromatic carbocycles. The van der Waals surface area contributed by atoms with E-state index in [-0.39, 0.29) is 17.8 Å². The fraction of sp³-hybridized carbons (Fsp3) is 0.947. The molecule has 0 fully saturated rings. The van der Waals surface area contributed by atoms with Crippen molar-refractivity contribution in [2.24, 2.45) is 11.7 Å². The zero-order valence-electron chi connectivity index (χ0n) is 18.8. The van der Waals surface area contributed by atoms with Gasteiger partial charge in [-0.25, -0.2) is 9.34 Å². The van der Waals surface area contributed by atoms with Gasteiger partial charge < -0.3 is 15.0 Å². The lowest BCUT2D eigenvalue weighted by Crippen LogP contribution is -2.43. The van der Waals surface area contributed by atoms with Crippen molar-refractivity contribution < 1.29 is 14.1 Å². The van der Waals surface area contributed by atoms with E-state index in [1.165, 1.54) is 11.8 Å². The highest BCUT2D eigenvalue weighted by molar-refractivity contribution is 8.13. The van der Waals surface area contributed by atoms with Crippen molar-refractivity contribution in [1.29, 1.82) is 0 Å². The molecular formula is C19H42N3O3PS. The van der Waals surface area contributed by atoms with E-state index >= 15 is 0 Å². The van der Waals surface area contributed by atoms with Gasteiger partial charge in [0.2, 0.25) is 0 Å². The fourth-order valence-corrected chi connectivity index (χ4v) is 5.86. The van der Waals surface area contributed by atoms with Crippen LogP contribution in [0.15, 0.2) is 0 Å². The maximum absolute atomic E-state index is 11.8. The summed E-state index contributed by atoms with van der Waals surface area (Å²) in [5.74, 6) is 0.524. The number of hydrogen-bond acceptors (Lipinski definition) is 7. The molecule has 0 radical (unpaired) electrons. The zero-order chi connectivity index (χ0) is 21.1. The van der Waals surface area contributed by atoms with Gasteiger partial charge in [0.1, 0.15) is 0 Å². The Morgan fingerprint density at radius 3 is 1.74 bits per heavy atom. The number of nitrogens with two attached hydrogens (primary N) is 1. The van der Waals surface area contributed by atoms with Crippen LogP contribution in [-0.4, -0.2) is 64.3 Å². The number of nitrogens with zero attached hydrogens (tertiary/aromatic N) is 2. The first-order chi connectivity index (χ1) is 12.5. The Balaban J connectivity index is 4.76. The average molecular weight is 424 g/mol. The van der Waals surface area contributed by atoms with Gasteiger partial charge in [-0.05, 0) is 55.4 Å². The highest BCUT2D eigenvalue weighted by atomic mass is 32.2. The molecule has 0 aromatic rings. The number of ether oxygens (including phenoxy) is 1. The molecule has 1 unspecified atom stereocenters. The van der Waals surface area contributed by atoms with Crippen LogP contribution >= 0.6 is 20.2 Å². The lowest BCUT2D eigenvalue weighted by molar-refractivity contribution is -0.113. The van der Waals surface area contributed by atoms with Gasteiger partial charge in [-0.15, -0.1) is 0 Å². The number of carbonyl (C=O) groups is 1. The molecule has 0 rings (SSSR count). The van der Waals surface area contributed by atoms with Crippen LogP contribution in [0, 0.1) is 5.92 Å². The highest BCUT2D eigenvalue weighted by Gasteiger charge is 2.34. The molecule has 0 spiro atoms. The Morgan fingerprint density at radius 1 is 0.926 bits per heavy atom. The topological polar surface area (TPSA) is 68.0 Å². The van der Waals surface area contributed by atoms with E-state index in [4.69, 9.17) is 15.0 Å². The molecule has 0 aliphatic rings. The minimum Gasteiger partial charge on any atom is -0.354 e. The van der Waals surface area contributed by atoms with E-state index in [0.29, 0.717) is 43.1 Å². The molecule has 6 nitrogen and oxygen atoms in total. The number of rotatable bonds is 14. The van der Waals surface area contributed by atoms with Gasteiger partial charge >= 0.3 is 0 Å². The number of hydrogen-bond donors (Lipinski definition) is 1. The van der Waals surface area contributed by atoms with E-state index in [9.17, 15) is 4.79 Å². The lowest BCUT2D eigenvalue weighted by Gasteiger charge is -2.45. The average Bonchev–Trinajstić information content (AvgIpc) is 2.55. The smallest absolute Gasteiger partial charge is 0.193 e. The summed E-state index contributed by atoms with van der Waals surface area (Å²) in [4.78, 5) is 11.8. The molecule has 0 aliphatic carbocycles. The Hall–Kier alpha value is 0.250. The molecular weight excluding hydrogens is 381 g/mol. The maximum atomic E-state index is 11.8. The first kappa shape index (κ1) is 27.2. The molecule has 8 heteroatoms. The first-order valence-corrected chi connectivity index (χ1v) is 12.1. The number of carbonyl (C=O) groups excluding carboxylic acids is 1. The van der Waals surface area contributed by atoms with Gasteiger partial charge in [0.15, 0.2) is 20.4 Å². The summed E-state index contributed by atoms with van der Waals surface area (Å²) >= 11 is 1.29. The van der Waals surface area contributed by atoms with Crippen LogP contribution in [0.5, 0.6) is 0 Å². The highest BCUT2D eigenvalue weighted by Crippen LogP contribution is 2.50. The Bertz CT molecular complexity index is 376. The summed E-state index contributed by atoms with van der Waals surface area (Å²) in [7, 11) is -0.940. The zero-order valence-corrected chi connectivity index (χ0v) is 20.5. The van der Waals surface area contributed by atoms with E-state index < -0.39 is 8.45 Å². The molecule has 0 amide bonds. The van der Waals surface area contributed by atoms with Crippen molar-refractivity contribution >= 4 is 25.3 Å². The predicted molar refractivity (Wildman–Crippen MR) is 119 cm³/mol. The molecule has 1 atom stereocenters. The minimum absolute atomic E-state index is 0.102. The number of thioether (sulfide) groups is 1. The third kappa shape index (κ3) is 10.0. The van der Waals surface area contributed by atoms with Crippen LogP contribution in [0.1, 0.15) is 62.3 Å². The van der Waals surface area contributed by atoms with E-state index in [1.54, 1.807) is 0 Å². The van der Waals surface area contributed by atoms with Crippen molar-refractivity contribution in [3.63, 3.8) is 0 Å². The molecule has 0 saturated heterocycles. The summed E-state index contributed by atoms with van der Waals surface area (Å²) in [6.45, 7) is 20.6. The molecule has 0 saturated carbocycles. The van der Waals surface area contributed by atoms with E-state index in [0.717, 1.165) is 0 Å². The van der Waals surface area contributed by atoms with Crippen molar-refractivity contribution in [1.82, 2.24) is 9.34 Å². The minimum atomic E-state index is -0.940. The van der Waals surface area contributed by atoms with Crippen LogP contribution in [0.25, 0.3) is 0 Å². The van der Waals surface area contributed by atoms with Gasteiger partial charge in [0, 0.05) is 42.4 Å². The third-order valence-electron chi connectivity index (χ3n) is 3.99. The van der Waals surface area contributed by atoms with E-state index in [1.807, 2.05) is 6.92 Å². The van der Waals surface area contributed by atoms with Gasteiger partial charge in [-0.3, -0.25) is 4.79 Å². The van der Waals surface area contributed by atoms with Gasteiger partial charge in [-0.1, -0.05) is 18.7 Å². The molecule has 0 bridgehead atoms. The van der Waals surface area contributed by atoms with Crippen molar-refractivity contribution in [2.75, 3.05) is 25.7 Å². The molecule has 162 valence electrons. The third-order valence-corrected chi connectivity index (χ3v) is 8.02. The molecule has 0 aliphatic heterocycles. The summed E-state index contributed by atoms with van der Waals surface area (Å²) < 4.78 is 16.8. The second kappa shape index (κ2) is 14.3. The monoisotopic (exact) mass is 423 g/mol. The Morgan fingerprint density at radius 2 is 1.37 bits per heavy atom. The normalized spacial score (nSPS) is 14.0. The van der Waals surface area contributed by atoms with Crippen molar-refractivity contribution in [2.45, 2.75) is 86.5 Å². The SMILES string of the molecule is CC(CN)C(=O)SCCOCOP(N(C(C)C)C(C)C)N(C(C)C)C(C)C. The van der Waals surface area contributed by atoms with Crippen LogP contribution in [-0.2, 0) is 14.1 Å². The first-order valence-electron chi connectivity index (χ1n) is 9.98. The van der Waals surface area contributed by atoms with Gasteiger partial charge in [-0.2, -0.15) is 0 Å². The van der Waals surface area contributed by atoms with E-state index in [2.05, 4.69) is 64.7 Å². The van der Waals surface area contributed by atoms with Gasteiger partial charge in [0.25, 0.3) is 0 Å². The summed E-state index contributed by atoms with van der Waals surface area (Å²) in [6, 6.07) is 1.51. The Labute approximate surface area is 172 Å². The van der Waals surface area contributed by atoms with Crippen LogP contribution < -0.4 is 5.73 Å². The summed E-state index contributed by atoms with van der Waals surface area (Å²) in [5.41, 5.74) is 5.52. The van der Waals surface area contributed by atoms with Crippen molar-refractivity contribution in [3.8, 4) is 0 Å². The Kier molecular flexibility index (Phi) is 14.4. The van der Waals surface area contributed by atoms with Gasteiger partial charge in [0.05, 0.1) is 6.61 Å².